The highest BCUT2D eigenvalue weighted by molar-refractivity contribution is 6.80. The van der Waals surface area contributed by atoms with Gasteiger partial charge in [0.1, 0.15) is 5.84 Å². The molecule has 0 heterocycles. The Labute approximate surface area is 69.5 Å². The molecular weight excluding hydrogens is 156 g/mol. The van der Waals surface area contributed by atoms with Gasteiger partial charge in [0.05, 0.1) is 13.8 Å². The number of amidine groups is 1. The predicted octanol–water partition coefficient (Wildman–Crippen LogP) is 0.764. The number of hydrogen-bond donors (Lipinski definition) is 2. The fourth-order valence-electron chi connectivity index (χ4n) is 0.655. The molecule has 11 heavy (non-hydrogen) atoms. The molecule has 0 radical (unpaired) electrons. The fraction of sp³-hybridized carbons (Fsp3) is 0.857. The van der Waals surface area contributed by atoms with Gasteiger partial charge in [-0.2, -0.15) is 0 Å². The average molecular weight is 174 g/mol. The van der Waals surface area contributed by atoms with Gasteiger partial charge < -0.3 is 10.0 Å². The van der Waals surface area contributed by atoms with E-state index in [1.54, 1.807) is 19.0 Å². The molecule has 0 aliphatic rings. The van der Waals surface area contributed by atoms with Gasteiger partial charge in [0.15, 0.2) is 0 Å². The largest absolute Gasteiger partial charge is 0.389 e. The average Bonchev–Trinajstić information content (AvgIpc) is 1.82. The summed E-state index contributed by atoms with van der Waals surface area (Å²) in [5.74, 6) is 0.323. The predicted molar refractivity (Wildman–Crippen MR) is 50.8 cm³/mol. The molecule has 0 amide bonds. The Morgan fingerprint density at radius 3 is 1.82 bits per heavy atom. The van der Waals surface area contributed by atoms with Crippen molar-refractivity contribution >= 4 is 13.9 Å². The topological polar surface area (TPSA) is 47.3 Å². The lowest BCUT2D eigenvalue weighted by Gasteiger charge is -2.27. The smallest absolute Gasteiger partial charge is 0.121 e. The summed E-state index contributed by atoms with van der Waals surface area (Å²) in [5, 5.41) is 17.1. The summed E-state index contributed by atoms with van der Waals surface area (Å²) in [4.78, 5) is 1.66. The molecule has 2 N–H and O–H groups in total. The Bertz CT molecular complexity index is 151. The Hall–Kier alpha value is -0.353. The van der Waals surface area contributed by atoms with Crippen molar-refractivity contribution in [3.63, 3.8) is 0 Å². The van der Waals surface area contributed by atoms with Crippen LogP contribution in [0.15, 0.2) is 0 Å². The third-order valence-electron chi connectivity index (χ3n) is 1.56. The van der Waals surface area contributed by atoms with Gasteiger partial charge in [-0.1, -0.05) is 19.6 Å². The minimum absolute atomic E-state index is 0.323. The lowest BCUT2D eigenvalue weighted by molar-refractivity contribution is 0.290. The lowest BCUT2D eigenvalue weighted by atomic mass is 10.6. The Morgan fingerprint density at radius 2 is 1.73 bits per heavy atom. The van der Waals surface area contributed by atoms with Crippen LogP contribution in [0.5, 0.6) is 0 Å². The maximum absolute atomic E-state index is 9.62. The Kier molecular flexibility index (Phi) is 3.25. The van der Waals surface area contributed by atoms with Crippen LogP contribution < -0.4 is 0 Å². The second-order valence-corrected chi connectivity index (χ2v) is 9.33. The third-order valence-corrected chi connectivity index (χ3v) is 3.48. The number of rotatable bonds is 2. The van der Waals surface area contributed by atoms with Crippen molar-refractivity contribution < 1.29 is 5.11 Å². The first-order valence-corrected chi connectivity index (χ1v) is 7.28. The number of nitrogens with zero attached hydrogens (tertiary/aromatic N) is 1. The van der Waals surface area contributed by atoms with Gasteiger partial charge in [-0.05, 0) is 0 Å². The van der Waals surface area contributed by atoms with Gasteiger partial charge in [0, 0.05) is 14.1 Å². The van der Waals surface area contributed by atoms with Crippen molar-refractivity contribution in [2.45, 2.75) is 25.4 Å². The number of nitrogens with one attached hydrogen (secondary N) is 1. The summed E-state index contributed by atoms with van der Waals surface area (Å²) in [6, 6.07) is 0. The van der Waals surface area contributed by atoms with E-state index in [2.05, 4.69) is 19.6 Å². The normalized spacial score (nSPS) is 14.4. The molecule has 0 aromatic heterocycles. The molecule has 1 atom stereocenters. The van der Waals surface area contributed by atoms with Crippen molar-refractivity contribution in [2.24, 2.45) is 0 Å². The lowest BCUT2D eigenvalue weighted by Crippen LogP contribution is -2.48. The van der Waals surface area contributed by atoms with Crippen LogP contribution in [0.4, 0.5) is 0 Å². The minimum atomic E-state index is -1.60. The fourth-order valence-corrected chi connectivity index (χ4v) is 1.73. The van der Waals surface area contributed by atoms with E-state index >= 15 is 0 Å². The molecule has 0 bridgehead atoms. The van der Waals surface area contributed by atoms with Crippen LogP contribution >= 0.6 is 0 Å². The third kappa shape index (κ3) is 3.03. The van der Waals surface area contributed by atoms with Crippen LogP contribution in [0.2, 0.25) is 19.6 Å². The highest BCUT2D eigenvalue weighted by Crippen LogP contribution is 2.09. The van der Waals surface area contributed by atoms with Crippen molar-refractivity contribution in [1.82, 2.24) is 4.90 Å². The SMILES string of the molecule is CN(C)C(=N)C(O)[Si](C)(C)C. The summed E-state index contributed by atoms with van der Waals surface area (Å²) < 4.78 is 0. The van der Waals surface area contributed by atoms with E-state index in [1.165, 1.54) is 0 Å². The minimum Gasteiger partial charge on any atom is -0.389 e. The number of likely N-dealkylation sites (N-methyl/N-ethyl adjacent to an activating group) is 1. The maximum atomic E-state index is 9.62. The van der Waals surface area contributed by atoms with E-state index in [-0.39, 0.29) is 0 Å². The van der Waals surface area contributed by atoms with E-state index in [0.717, 1.165) is 0 Å². The van der Waals surface area contributed by atoms with Crippen molar-refractivity contribution in [3.8, 4) is 0 Å². The second kappa shape index (κ2) is 3.36. The van der Waals surface area contributed by atoms with E-state index in [9.17, 15) is 5.11 Å². The monoisotopic (exact) mass is 174 g/mol. The number of aliphatic hydroxyl groups is 1. The quantitative estimate of drug-likeness (QED) is 0.369. The first-order valence-electron chi connectivity index (χ1n) is 3.70. The van der Waals surface area contributed by atoms with Gasteiger partial charge >= 0.3 is 0 Å². The molecular formula is C7H18N2OSi. The summed E-state index contributed by atoms with van der Waals surface area (Å²) in [5.41, 5.74) is -0.544. The molecule has 0 aliphatic carbocycles. The molecule has 0 aliphatic heterocycles. The summed E-state index contributed by atoms with van der Waals surface area (Å²) >= 11 is 0. The van der Waals surface area contributed by atoms with E-state index in [0.29, 0.717) is 5.84 Å². The van der Waals surface area contributed by atoms with Crippen LogP contribution in [0.25, 0.3) is 0 Å². The van der Waals surface area contributed by atoms with Crippen molar-refractivity contribution in [1.29, 1.82) is 5.41 Å². The summed E-state index contributed by atoms with van der Waals surface area (Å²) in [7, 11) is 1.97. The second-order valence-electron chi connectivity index (χ2n) is 4.05. The zero-order chi connectivity index (χ0) is 9.23. The molecule has 1 unspecified atom stereocenters. The standard InChI is InChI=1S/C7H18N2OSi/c1-9(2)6(8)7(10)11(3,4)5/h7-8,10H,1-5H3. The highest BCUT2D eigenvalue weighted by Gasteiger charge is 2.29. The molecule has 3 nitrogen and oxygen atoms in total. The zero-order valence-electron chi connectivity index (χ0n) is 7.97. The van der Waals surface area contributed by atoms with Gasteiger partial charge in [-0.15, -0.1) is 0 Å². The van der Waals surface area contributed by atoms with Crippen LogP contribution in [0, 0.1) is 5.41 Å². The summed E-state index contributed by atoms with van der Waals surface area (Å²) in [6.07, 6.45) is 0. The first-order chi connectivity index (χ1) is 4.76. The molecule has 0 rings (SSSR count). The van der Waals surface area contributed by atoms with Crippen LogP contribution in [-0.4, -0.2) is 43.7 Å². The molecule has 0 aromatic rings. The van der Waals surface area contributed by atoms with Crippen molar-refractivity contribution in [2.75, 3.05) is 14.1 Å². The van der Waals surface area contributed by atoms with Gasteiger partial charge in [-0.3, -0.25) is 5.41 Å². The Morgan fingerprint density at radius 1 is 1.36 bits per heavy atom. The van der Waals surface area contributed by atoms with Gasteiger partial charge in [0.25, 0.3) is 0 Å². The summed E-state index contributed by atoms with van der Waals surface area (Å²) in [6.45, 7) is 6.15. The van der Waals surface area contributed by atoms with Crippen LogP contribution in [0.3, 0.4) is 0 Å². The van der Waals surface area contributed by atoms with Crippen molar-refractivity contribution in [3.05, 3.63) is 0 Å². The molecule has 4 heteroatoms. The number of aliphatic hydroxyl groups excluding tert-OH is 1. The molecule has 0 spiro atoms. The first kappa shape index (κ1) is 10.6. The molecule has 0 fully saturated rings. The van der Waals surface area contributed by atoms with Gasteiger partial charge in [0.2, 0.25) is 0 Å². The van der Waals surface area contributed by atoms with E-state index < -0.39 is 13.8 Å². The van der Waals surface area contributed by atoms with Gasteiger partial charge in [-0.25, -0.2) is 0 Å². The zero-order valence-corrected chi connectivity index (χ0v) is 8.97. The molecule has 0 saturated carbocycles. The van der Waals surface area contributed by atoms with E-state index in [1.807, 2.05) is 0 Å². The maximum Gasteiger partial charge on any atom is 0.121 e. The number of hydrogen-bond acceptors (Lipinski definition) is 2. The van der Waals surface area contributed by atoms with Crippen LogP contribution in [-0.2, 0) is 0 Å². The molecule has 0 aromatic carbocycles. The Balaban J connectivity index is 4.26. The molecule has 0 saturated heterocycles. The highest BCUT2D eigenvalue weighted by atomic mass is 28.3. The van der Waals surface area contributed by atoms with Crippen LogP contribution in [0.1, 0.15) is 0 Å². The van der Waals surface area contributed by atoms with E-state index in [4.69, 9.17) is 5.41 Å². The molecule has 66 valence electrons.